The molecule has 0 spiro atoms. The minimum absolute atomic E-state index is 0.0835. The standard InChI is InChI=1S/C14H24N2O2/c1-11(10-12-6-5-9-18-12)15-8-7-13(17)16-14(2,3)4/h5-6,9,11,15H,7-8,10H2,1-4H3,(H,16,17). The van der Waals surface area contributed by atoms with Gasteiger partial charge >= 0.3 is 0 Å². The third-order valence-electron chi connectivity index (χ3n) is 2.45. The second-order valence-electron chi connectivity index (χ2n) is 5.69. The highest BCUT2D eigenvalue weighted by Gasteiger charge is 2.13. The van der Waals surface area contributed by atoms with E-state index in [1.807, 2.05) is 32.9 Å². The molecule has 0 saturated heterocycles. The number of hydrogen-bond donors (Lipinski definition) is 2. The summed E-state index contributed by atoms with van der Waals surface area (Å²) in [6, 6.07) is 4.15. The van der Waals surface area contributed by atoms with Gasteiger partial charge in [-0.3, -0.25) is 4.79 Å². The Balaban J connectivity index is 2.15. The Morgan fingerprint density at radius 1 is 1.44 bits per heavy atom. The second kappa shape index (κ2) is 6.59. The zero-order valence-electron chi connectivity index (χ0n) is 11.7. The molecule has 4 heteroatoms. The SMILES string of the molecule is CC(Cc1ccco1)NCCC(=O)NC(C)(C)C. The predicted octanol–water partition coefficient (Wildman–Crippen LogP) is 2.10. The minimum atomic E-state index is -0.156. The van der Waals surface area contributed by atoms with Gasteiger partial charge in [-0.05, 0) is 39.8 Å². The number of nitrogens with one attached hydrogen (secondary N) is 2. The lowest BCUT2D eigenvalue weighted by atomic mass is 10.1. The molecule has 1 rings (SSSR count). The molecular formula is C14H24N2O2. The molecule has 0 fully saturated rings. The number of amides is 1. The molecule has 1 unspecified atom stereocenters. The monoisotopic (exact) mass is 252 g/mol. The van der Waals surface area contributed by atoms with Crippen LogP contribution in [-0.2, 0) is 11.2 Å². The maximum Gasteiger partial charge on any atom is 0.221 e. The van der Waals surface area contributed by atoms with Crippen molar-refractivity contribution in [2.75, 3.05) is 6.54 Å². The molecule has 0 aliphatic heterocycles. The van der Waals surface area contributed by atoms with E-state index in [9.17, 15) is 4.79 Å². The Morgan fingerprint density at radius 3 is 2.72 bits per heavy atom. The van der Waals surface area contributed by atoms with Crippen LogP contribution in [-0.4, -0.2) is 24.0 Å². The van der Waals surface area contributed by atoms with Gasteiger partial charge in [0.1, 0.15) is 5.76 Å². The molecule has 2 N–H and O–H groups in total. The minimum Gasteiger partial charge on any atom is -0.469 e. The van der Waals surface area contributed by atoms with E-state index in [-0.39, 0.29) is 11.4 Å². The first-order valence-electron chi connectivity index (χ1n) is 6.43. The molecule has 0 aliphatic rings. The van der Waals surface area contributed by atoms with Crippen LogP contribution >= 0.6 is 0 Å². The number of carbonyl (C=O) groups excluding carboxylic acids is 1. The van der Waals surface area contributed by atoms with E-state index in [1.165, 1.54) is 0 Å². The van der Waals surface area contributed by atoms with Crippen LogP contribution in [0.15, 0.2) is 22.8 Å². The van der Waals surface area contributed by atoms with Crippen LogP contribution in [0, 0.1) is 0 Å². The van der Waals surface area contributed by atoms with Gasteiger partial charge in [-0.15, -0.1) is 0 Å². The Kier molecular flexibility index (Phi) is 5.41. The van der Waals surface area contributed by atoms with E-state index >= 15 is 0 Å². The summed E-state index contributed by atoms with van der Waals surface area (Å²) in [6.07, 6.45) is 3.02. The largest absolute Gasteiger partial charge is 0.469 e. The molecule has 1 aromatic rings. The highest BCUT2D eigenvalue weighted by atomic mass is 16.3. The average Bonchev–Trinajstić information content (AvgIpc) is 2.67. The number of carbonyl (C=O) groups is 1. The molecule has 18 heavy (non-hydrogen) atoms. The van der Waals surface area contributed by atoms with Crippen molar-refractivity contribution in [3.05, 3.63) is 24.2 Å². The number of hydrogen-bond acceptors (Lipinski definition) is 3. The maximum absolute atomic E-state index is 11.6. The van der Waals surface area contributed by atoms with Crippen molar-refractivity contribution in [3.8, 4) is 0 Å². The summed E-state index contributed by atoms with van der Waals surface area (Å²) in [6.45, 7) is 8.72. The summed E-state index contributed by atoms with van der Waals surface area (Å²) in [4.78, 5) is 11.6. The van der Waals surface area contributed by atoms with E-state index in [2.05, 4.69) is 17.6 Å². The van der Waals surface area contributed by atoms with Gasteiger partial charge in [0.15, 0.2) is 0 Å². The van der Waals surface area contributed by atoms with Crippen LogP contribution in [0.25, 0.3) is 0 Å². The van der Waals surface area contributed by atoms with Crippen molar-refractivity contribution in [2.45, 2.75) is 52.1 Å². The average molecular weight is 252 g/mol. The van der Waals surface area contributed by atoms with Crippen LogP contribution in [0.2, 0.25) is 0 Å². The summed E-state index contributed by atoms with van der Waals surface area (Å²) in [5.41, 5.74) is -0.156. The number of rotatable bonds is 6. The molecule has 102 valence electrons. The van der Waals surface area contributed by atoms with Crippen LogP contribution in [0.1, 0.15) is 39.9 Å². The molecule has 1 aromatic heterocycles. The molecule has 1 heterocycles. The van der Waals surface area contributed by atoms with Crippen molar-refractivity contribution < 1.29 is 9.21 Å². The van der Waals surface area contributed by atoms with Crippen molar-refractivity contribution in [2.24, 2.45) is 0 Å². The first kappa shape index (κ1) is 14.8. The van der Waals surface area contributed by atoms with Gasteiger partial charge in [0.2, 0.25) is 5.91 Å². The lowest BCUT2D eigenvalue weighted by Gasteiger charge is -2.21. The van der Waals surface area contributed by atoms with Gasteiger partial charge < -0.3 is 15.1 Å². The zero-order valence-corrected chi connectivity index (χ0v) is 11.7. The highest BCUT2D eigenvalue weighted by Crippen LogP contribution is 2.04. The molecule has 0 saturated carbocycles. The first-order chi connectivity index (χ1) is 8.37. The molecule has 1 amide bonds. The summed E-state index contributed by atoms with van der Waals surface area (Å²) < 4.78 is 5.28. The fourth-order valence-electron chi connectivity index (χ4n) is 1.72. The molecule has 0 aromatic carbocycles. The third-order valence-corrected chi connectivity index (χ3v) is 2.45. The lowest BCUT2D eigenvalue weighted by Crippen LogP contribution is -2.42. The van der Waals surface area contributed by atoms with Gasteiger partial charge in [0.25, 0.3) is 0 Å². The summed E-state index contributed by atoms with van der Waals surface area (Å²) in [5.74, 6) is 1.05. The topological polar surface area (TPSA) is 54.3 Å². The Hall–Kier alpha value is -1.29. The Morgan fingerprint density at radius 2 is 2.17 bits per heavy atom. The van der Waals surface area contributed by atoms with Gasteiger partial charge in [-0.1, -0.05) is 0 Å². The second-order valence-corrected chi connectivity index (χ2v) is 5.69. The zero-order chi connectivity index (χ0) is 13.6. The fraction of sp³-hybridized carbons (Fsp3) is 0.643. The molecule has 0 bridgehead atoms. The van der Waals surface area contributed by atoms with Crippen molar-refractivity contribution in [1.29, 1.82) is 0 Å². The quantitative estimate of drug-likeness (QED) is 0.815. The van der Waals surface area contributed by atoms with Crippen LogP contribution in [0.4, 0.5) is 0 Å². The fourth-order valence-corrected chi connectivity index (χ4v) is 1.72. The van der Waals surface area contributed by atoms with Crippen LogP contribution in [0.5, 0.6) is 0 Å². The number of furan rings is 1. The van der Waals surface area contributed by atoms with Gasteiger partial charge in [-0.2, -0.15) is 0 Å². The molecule has 0 aliphatic carbocycles. The van der Waals surface area contributed by atoms with Crippen molar-refractivity contribution in [3.63, 3.8) is 0 Å². The van der Waals surface area contributed by atoms with Gasteiger partial charge in [-0.25, -0.2) is 0 Å². The summed E-state index contributed by atoms with van der Waals surface area (Å²) in [7, 11) is 0. The van der Waals surface area contributed by atoms with Crippen LogP contribution < -0.4 is 10.6 Å². The van der Waals surface area contributed by atoms with Gasteiger partial charge in [0, 0.05) is 31.0 Å². The van der Waals surface area contributed by atoms with E-state index < -0.39 is 0 Å². The third kappa shape index (κ3) is 6.45. The van der Waals surface area contributed by atoms with E-state index in [1.54, 1.807) is 6.26 Å². The molecule has 4 nitrogen and oxygen atoms in total. The highest BCUT2D eigenvalue weighted by molar-refractivity contribution is 5.76. The summed E-state index contributed by atoms with van der Waals surface area (Å²) >= 11 is 0. The van der Waals surface area contributed by atoms with Crippen LogP contribution in [0.3, 0.4) is 0 Å². The van der Waals surface area contributed by atoms with E-state index in [0.29, 0.717) is 19.0 Å². The smallest absolute Gasteiger partial charge is 0.221 e. The molecular weight excluding hydrogens is 228 g/mol. The molecule has 0 radical (unpaired) electrons. The van der Waals surface area contributed by atoms with Gasteiger partial charge in [0.05, 0.1) is 6.26 Å². The maximum atomic E-state index is 11.6. The molecule has 1 atom stereocenters. The Bertz CT molecular complexity index is 352. The summed E-state index contributed by atoms with van der Waals surface area (Å²) in [5, 5.41) is 6.26. The van der Waals surface area contributed by atoms with E-state index in [4.69, 9.17) is 4.42 Å². The van der Waals surface area contributed by atoms with Crippen molar-refractivity contribution >= 4 is 5.91 Å². The predicted molar refractivity (Wildman–Crippen MR) is 72.4 cm³/mol. The van der Waals surface area contributed by atoms with Crippen molar-refractivity contribution in [1.82, 2.24) is 10.6 Å². The first-order valence-corrected chi connectivity index (χ1v) is 6.43. The lowest BCUT2D eigenvalue weighted by molar-refractivity contribution is -0.122. The Labute approximate surface area is 109 Å². The normalized spacial score (nSPS) is 13.3. The van der Waals surface area contributed by atoms with E-state index in [0.717, 1.165) is 12.2 Å².